The van der Waals surface area contributed by atoms with Gasteiger partial charge in [-0.05, 0) is 59.7 Å². The largest absolute Gasteiger partial charge is 0.416 e. The Labute approximate surface area is 290 Å². The molecule has 242 valence electrons. The average molecular weight is 669 g/mol. The molecule has 0 spiro atoms. The van der Waals surface area contributed by atoms with Gasteiger partial charge >= 0.3 is 6.18 Å². The number of nitriles is 2. The molecule has 0 saturated heterocycles. The van der Waals surface area contributed by atoms with Crippen LogP contribution >= 0.6 is 0 Å². The third kappa shape index (κ3) is 5.73. The summed E-state index contributed by atoms with van der Waals surface area (Å²) in [5, 5.41) is 21.3. The summed E-state index contributed by atoms with van der Waals surface area (Å²) in [7, 11) is 0. The van der Waals surface area contributed by atoms with Gasteiger partial charge in [0, 0.05) is 33.2 Å². The van der Waals surface area contributed by atoms with E-state index in [-0.39, 0.29) is 0 Å². The normalized spacial score (nSPS) is 11.4. The second-order valence-electron chi connectivity index (χ2n) is 11.9. The monoisotopic (exact) mass is 668 g/mol. The molecule has 0 aliphatic carbocycles. The fourth-order valence-electron chi connectivity index (χ4n) is 6.31. The van der Waals surface area contributed by atoms with Crippen LogP contribution in [0.2, 0.25) is 0 Å². The number of rotatable bonds is 5. The summed E-state index contributed by atoms with van der Waals surface area (Å²) < 4.78 is 42.7. The van der Waals surface area contributed by atoms with Crippen LogP contribution in [-0.2, 0) is 6.18 Å². The molecule has 0 unspecified atom stereocenters. The van der Waals surface area contributed by atoms with Crippen LogP contribution in [0, 0.1) is 22.7 Å². The lowest BCUT2D eigenvalue weighted by molar-refractivity contribution is -0.137. The number of benzene rings is 6. The van der Waals surface area contributed by atoms with Gasteiger partial charge in [-0.25, -0.2) is 15.0 Å². The minimum atomic E-state index is -4.49. The lowest BCUT2D eigenvalue weighted by atomic mass is 9.97. The Morgan fingerprint density at radius 2 is 1.00 bits per heavy atom. The first kappa shape index (κ1) is 31.2. The van der Waals surface area contributed by atoms with Gasteiger partial charge < -0.3 is 4.57 Å². The number of hydrogen-bond donors (Lipinski definition) is 0. The predicted molar refractivity (Wildman–Crippen MR) is 190 cm³/mol. The minimum absolute atomic E-state index is 0.315. The maximum absolute atomic E-state index is 13.6. The summed E-state index contributed by atoms with van der Waals surface area (Å²) in [5.41, 5.74) is 5.56. The van der Waals surface area contributed by atoms with E-state index in [0.29, 0.717) is 51.0 Å². The Morgan fingerprint density at radius 3 is 1.49 bits per heavy atom. The molecule has 51 heavy (non-hydrogen) atoms. The van der Waals surface area contributed by atoms with Gasteiger partial charge in [0.15, 0.2) is 17.5 Å². The Bertz CT molecular complexity index is 2560. The molecule has 6 nitrogen and oxygen atoms in total. The van der Waals surface area contributed by atoms with Crippen LogP contribution in [-0.4, -0.2) is 19.5 Å². The zero-order valence-electron chi connectivity index (χ0n) is 26.6. The molecule has 9 heteroatoms. The van der Waals surface area contributed by atoms with E-state index in [9.17, 15) is 23.7 Å². The van der Waals surface area contributed by atoms with Crippen molar-refractivity contribution < 1.29 is 13.2 Å². The average Bonchev–Trinajstić information content (AvgIpc) is 3.50. The van der Waals surface area contributed by atoms with Crippen molar-refractivity contribution in [1.82, 2.24) is 19.5 Å². The molecule has 0 amide bonds. The Kier molecular flexibility index (Phi) is 7.59. The smallest absolute Gasteiger partial charge is 0.309 e. The zero-order chi connectivity index (χ0) is 35.1. The first-order valence-corrected chi connectivity index (χ1v) is 15.9. The van der Waals surface area contributed by atoms with Gasteiger partial charge in [0.2, 0.25) is 0 Å². The fraction of sp³-hybridized carbons (Fsp3) is 0.0238. The van der Waals surface area contributed by atoms with Crippen molar-refractivity contribution in [3.05, 3.63) is 156 Å². The zero-order valence-corrected chi connectivity index (χ0v) is 26.6. The molecule has 0 aliphatic heterocycles. The molecule has 8 rings (SSSR count). The predicted octanol–water partition coefficient (Wildman–Crippen LogP) is 10.4. The second kappa shape index (κ2) is 12.4. The molecule has 0 saturated carbocycles. The molecule has 0 fully saturated rings. The van der Waals surface area contributed by atoms with Crippen molar-refractivity contribution >= 4 is 21.8 Å². The lowest BCUT2D eigenvalue weighted by Crippen LogP contribution is -2.04. The van der Waals surface area contributed by atoms with Crippen molar-refractivity contribution in [3.63, 3.8) is 0 Å². The molecular weight excluding hydrogens is 645 g/mol. The number of alkyl halides is 3. The quantitative estimate of drug-likeness (QED) is 0.182. The van der Waals surface area contributed by atoms with Crippen molar-refractivity contribution in [3.8, 4) is 63.1 Å². The summed E-state index contributed by atoms with van der Waals surface area (Å²) in [5.74, 6) is 1.17. The van der Waals surface area contributed by atoms with E-state index < -0.39 is 11.7 Å². The highest BCUT2D eigenvalue weighted by Crippen LogP contribution is 2.39. The van der Waals surface area contributed by atoms with Crippen LogP contribution in [0.5, 0.6) is 0 Å². The maximum Gasteiger partial charge on any atom is 0.416 e. The Balaban J connectivity index is 1.44. The second-order valence-corrected chi connectivity index (χ2v) is 11.9. The van der Waals surface area contributed by atoms with Gasteiger partial charge in [0.25, 0.3) is 0 Å². The summed E-state index contributed by atoms with van der Waals surface area (Å²) >= 11 is 0. The van der Waals surface area contributed by atoms with E-state index in [1.54, 1.807) is 24.3 Å². The van der Waals surface area contributed by atoms with Crippen molar-refractivity contribution in [2.45, 2.75) is 6.18 Å². The topological polar surface area (TPSA) is 91.2 Å². The number of nitrogens with zero attached hydrogens (tertiary/aromatic N) is 6. The van der Waals surface area contributed by atoms with E-state index >= 15 is 0 Å². The molecule has 2 heterocycles. The van der Waals surface area contributed by atoms with Gasteiger partial charge in [-0.3, -0.25) is 0 Å². The molecule has 0 N–H and O–H groups in total. The van der Waals surface area contributed by atoms with Gasteiger partial charge in [-0.15, -0.1) is 0 Å². The highest BCUT2D eigenvalue weighted by atomic mass is 19.4. The van der Waals surface area contributed by atoms with Crippen LogP contribution in [0.1, 0.15) is 16.7 Å². The summed E-state index contributed by atoms with van der Waals surface area (Å²) in [4.78, 5) is 14.7. The number of fused-ring (bicyclic) bond motifs is 3. The molecule has 2 aromatic heterocycles. The third-order valence-electron chi connectivity index (χ3n) is 8.75. The van der Waals surface area contributed by atoms with Gasteiger partial charge in [-0.1, -0.05) is 91.0 Å². The molecule has 0 radical (unpaired) electrons. The van der Waals surface area contributed by atoms with Crippen LogP contribution in [0.4, 0.5) is 13.2 Å². The number of hydrogen-bond acceptors (Lipinski definition) is 5. The van der Waals surface area contributed by atoms with Crippen LogP contribution in [0.3, 0.4) is 0 Å². The Hall–Kier alpha value is -7.10. The summed E-state index contributed by atoms with van der Waals surface area (Å²) in [6, 6.07) is 44.9. The molecule has 6 aromatic carbocycles. The van der Waals surface area contributed by atoms with Gasteiger partial charge in [0.05, 0.1) is 39.9 Å². The SMILES string of the molecule is N#Cc1ccc2c3ccc(C#N)cc3n(-c3ccc(-c4ccc(C(F)(F)F)cc4)c(-c4nc(-c5ccccc5)nc(-c5ccccc5)n4)c3)c2c1. The van der Waals surface area contributed by atoms with Crippen molar-refractivity contribution in [1.29, 1.82) is 10.5 Å². The van der Waals surface area contributed by atoms with Crippen LogP contribution in [0.15, 0.2) is 140 Å². The highest BCUT2D eigenvalue weighted by Gasteiger charge is 2.30. The molecule has 0 aliphatic rings. The standard InChI is InChI=1S/C42H23F3N6/c43-42(44,45)31-15-13-28(14-16-31)33-20-17-32(51-37-21-26(24-46)11-18-34(37)35-19-12-27(25-47)22-38(35)51)23-36(33)41-49-39(29-7-3-1-4-8-29)48-40(50-41)30-9-5-2-6-10-30/h1-23H. The highest BCUT2D eigenvalue weighted by molar-refractivity contribution is 6.10. The van der Waals surface area contributed by atoms with Crippen LogP contribution < -0.4 is 0 Å². The molecule has 0 bridgehead atoms. The third-order valence-corrected chi connectivity index (χ3v) is 8.75. The van der Waals surface area contributed by atoms with Crippen molar-refractivity contribution in [2.24, 2.45) is 0 Å². The number of halogens is 3. The first-order valence-electron chi connectivity index (χ1n) is 15.9. The molecule has 8 aromatic rings. The van der Waals surface area contributed by atoms with E-state index in [1.807, 2.05) is 95.6 Å². The fourth-order valence-corrected chi connectivity index (χ4v) is 6.31. The molecular formula is C42H23F3N6. The minimum Gasteiger partial charge on any atom is -0.309 e. The van der Waals surface area contributed by atoms with Crippen LogP contribution in [0.25, 0.3) is 72.8 Å². The van der Waals surface area contributed by atoms with E-state index in [2.05, 4.69) is 12.1 Å². The maximum atomic E-state index is 13.6. The van der Waals surface area contributed by atoms with Crippen molar-refractivity contribution in [2.75, 3.05) is 0 Å². The lowest BCUT2D eigenvalue weighted by Gasteiger charge is -2.16. The first-order chi connectivity index (χ1) is 24.8. The van der Waals surface area contributed by atoms with Gasteiger partial charge in [0.1, 0.15) is 0 Å². The van der Waals surface area contributed by atoms with E-state index in [1.165, 1.54) is 12.1 Å². The number of aromatic nitrogens is 4. The summed E-state index contributed by atoms with van der Waals surface area (Å²) in [6.45, 7) is 0. The van der Waals surface area contributed by atoms with E-state index in [0.717, 1.165) is 45.1 Å². The van der Waals surface area contributed by atoms with E-state index in [4.69, 9.17) is 15.0 Å². The summed E-state index contributed by atoms with van der Waals surface area (Å²) in [6.07, 6.45) is -4.49. The Morgan fingerprint density at radius 1 is 0.490 bits per heavy atom. The van der Waals surface area contributed by atoms with Gasteiger partial charge in [-0.2, -0.15) is 23.7 Å². The molecule has 0 atom stereocenters.